The Hall–Kier alpha value is -0.300. The second kappa shape index (κ2) is 13.4. The molecule has 124 valence electrons. The topological polar surface area (TPSA) is 20.2 Å². The largest absolute Gasteiger partial charge is 0.396 e. The van der Waals surface area contributed by atoms with Crippen LogP contribution < -0.4 is 0 Å². The van der Waals surface area contributed by atoms with E-state index < -0.39 is 0 Å². The summed E-state index contributed by atoms with van der Waals surface area (Å²) in [7, 11) is 0. The fourth-order valence-corrected chi connectivity index (χ4v) is 3.69. The van der Waals surface area contributed by atoms with E-state index in [9.17, 15) is 0 Å². The second-order valence-electron chi connectivity index (χ2n) is 6.91. The predicted molar refractivity (Wildman–Crippen MR) is 93.5 cm³/mol. The lowest BCUT2D eigenvalue weighted by Gasteiger charge is -2.16. The van der Waals surface area contributed by atoms with Crippen molar-refractivity contribution in [3.8, 4) is 0 Å². The minimum absolute atomic E-state index is 0.369. The summed E-state index contributed by atoms with van der Waals surface area (Å²) in [5, 5.41) is 8.77. The first kappa shape index (κ1) is 18.7. The van der Waals surface area contributed by atoms with Crippen molar-refractivity contribution in [3.63, 3.8) is 0 Å². The van der Waals surface area contributed by atoms with Crippen molar-refractivity contribution in [1.29, 1.82) is 0 Å². The van der Waals surface area contributed by atoms with Crippen LogP contribution in [0.2, 0.25) is 0 Å². The summed E-state index contributed by atoms with van der Waals surface area (Å²) in [5.74, 6) is 1.85. The van der Waals surface area contributed by atoms with E-state index in [0.717, 1.165) is 18.3 Å². The van der Waals surface area contributed by atoms with Gasteiger partial charge in [0, 0.05) is 6.61 Å². The van der Waals surface area contributed by atoms with Crippen molar-refractivity contribution in [2.45, 2.75) is 96.8 Å². The van der Waals surface area contributed by atoms with Crippen LogP contribution >= 0.6 is 0 Å². The Bertz CT molecular complexity index is 246. The van der Waals surface area contributed by atoms with E-state index in [1.165, 1.54) is 83.5 Å². The van der Waals surface area contributed by atoms with E-state index in [4.69, 9.17) is 5.11 Å². The number of hydrogen-bond donors (Lipinski definition) is 1. The second-order valence-corrected chi connectivity index (χ2v) is 6.91. The van der Waals surface area contributed by atoms with Crippen LogP contribution in [0.5, 0.6) is 0 Å². The first-order valence-corrected chi connectivity index (χ1v) is 9.66. The predicted octanol–water partition coefficient (Wildman–Crippen LogP) is 6.26. The Morgan fingerprint density at radius 2 is 1.67 bits per heavy atom. The monoisotopic (exact) mass is 294 g/mol. The molecule has 1 rings (SSSR count). The van der Waals surface area contributed by atoms with Crippen molar-refractivity contribution >= 4 is 0 Å². The average molecular weight is 295 g/mol. The third-order valence-electron chi connectivity index (χ3n) is 5.06. The van der Waals surface area contributed by atoms with Crippen LogP contribution in [0.25, 0.3) is 0 Å². The van der Waals surface area contributed by atoms with Gasteiger partial charge < -0.3 is 5.11 Å². The molecule has 1 fully saturated rings. The van der Waals surface area contributed by atoms with Crippen molar-refractivity contribution in [3.05, 3.63) is 12.2 Å². The highest BCUT2D eigenvalue weighted by Crippen LogP contribution is 2.36. The van der Waals surface area contributed by atoms with Crippen LogP contribution in [0.4, 0.5) is 0 Å². The summed E-state index contributed by atoms with van der Waals surface area (Å²) in [6.07, 6.45) is 23.9. The van der Waals surface area contributed by atoms with Gasteiger partial charge in [0.1, 0.15) is 0 Å². The lowest BCUT2D eigenvalue weighted by molar-refractivity contribution is 0.281. The highest BCUT2D eigenvalue weighted by molar-refractivity contribution is 4.94. The molecule has 0 aromatic heterocycles. The van der Waals surface area contributed by atoms with Gasteiger partial charge in [0.15, 0.2) is 0 Å². The normalized spacial score (nSPS) is 22.4. The van der Waals surface area contributed by atoms with E-state index in [-0.39, 0.29) is 0 Å². The Morgan fingerprint density at radius 1 is 0.905 bits per heavy atom. The standard InChI is InChI=1S/C20H38O/c1-2-3-4-5-7-10-14-19-16-13-17-20(19)15-11-8-6-9-12-18-21/h10,14,19-21H,2-9,11-13,15-18H2,1H3/b14-10+/t19-,20-/m0/s1. The minimum atomic E-state index is 0.369. The fraction of sp³-hybridized carbons (Fsp3) is 0.900. The molecule has 1 nitrogen and oxygen atoms in total. The smallest absolute Gasteiger partial charge is 0.0431 e. The Morgan fingerprint density at radius 3 is 2.48 bits per heavy atom. The molecule has 1 N–H and O–H groups in total. The number of allylic oxidation sites excluding steroid dienone is 2. The molecule has 0 radical (unpaired) electrons. The molecule has 0 aromatic rings. The highest BCUT2D eigenvalue weighted by Gasteiger charge is 2.24. The van der Waals surface area contributed by atoms with Crippen LogP contribution in [-0.2, 0) is 0 Å². The summed E-state index contributed by atoms with van der Waals surface area (Å²) in [5.41, 5.74) is 0. The van der Waals surface area contributed by atoms with Gasteiger partial charge in [-0.2, -0.15) is 0 Å². The summed E-state index contributed by atoms with van der Waals surface area (Å²) >= 11 is 0. The summed E-state index contributed by atoms with van der Waals surface area (Å²) in [6, 6.07) is 0. The molecule has 0 saturated heterocycles. The number of hydrogen-bond acceptors (Lipinski definition) is 1. The van der Waals surface area contributed by atoms with Gasteiger partial charge in [-0.1, -0.05) is 70.4 Å². The van der Waals surface area contributed by atoms with Crippen molar-refractivity contribution in [1.82, 2.24) is 0 Å². The molecule has 0 aromatic carbocycles. The van der Waals surface area contributed by atoms with Gasteiger partial charge in [0.05, 0.1) is 0 Å². The number of rotatable bonds is 13. The fourth-order valence-electron chi connectivity index (χ4n) is 3.69. The average Bonchev–Trinajstić information content (AvgIpc) is 2.94. The Balaban J connectivity index is 2.06. The molecule has 1 aliphatic carbocycles. The number of aliphatic hydroxyl groups excluding tert-OH is 1. The zero-order valence-electron chi connectivity index (χ0n) is 14.4. The van der Waals surface area contributed by atoms with Gasteiger partial charge in [-0.25, -0.2) is 0 Å². The Kier molecular flexibility index (Phi) is 11.9. The van der Waals surface area contributed by atoms with E-state index in [0.29, 0.717) is 6.61 Å². The molecule has 0 unspecified atom stereocenters. The van der Waals surface area contributed by atoms with Crippen molar-refractivity contribution < 1.29 is 5.11 Å². The van der Waals surface area contributed by atoms with Gasteiger partial charge in [0.2, 0.25) is 0 Å². The maximum atomic E-state index is 8.77. The summed E-state index contributed by atoms with van der Waals surface area (Å²) in [4.78, 5) is 0. The quantitative estimate of drug-likeness (QED) is 0.314. The van der Waals surface area contributed by atoms with Gasteiger partial charge in [-0.3, -0.25) is 0 Å². The summed E-state index contributed by atoms with van der Waals surface area (Å²) in [6.45, 7) is 2.65. The zero-order valence-corrected chi connectivity index (χ0v) is 14.4. The third-order valence-corrected chi connectivity index (χ3v) is 5.06. The van der Waals surface area contributed by atoms with Crippen LogP contribution in [0, 0.1) is 11.8 Å². The molecule has 1 saturated carbocycles. The molecule has 0 spiro atoms. The van der Waals surface area contributed by atoms with Crippen LogP contribution in [0.3, 0.4) is 0 Å². The van der Waals surface area contributed by atoms with Gasteiger partial charge in [0.25, 0.3) is 0 Å². The number of aliphatic hydroxyl groups is 1. The molecule has 0 aliphatic heterocycles. The lowest BCUT2D eigenvalue weighted by Crippen LogP contribution is -2.05. The molecule has 0 amide bonds. The molecular weight excluding hydrogens is 256 g/mol. The first-order valence-electron chi connectivity index (χ1n) is 9.66. The maximum Gasteiger partial charge on any atom is 0.0431 e. The van der Waals surface area contributed by atoms with Crippen LogP contribution in [-0.4, -0.2) is 11.7 Å². The van der Waals surface area contributed by atoms with Crippen LogP contribution in [0.1, 0.15) is 96.8 Å². The van der Waals surface area contributed by atoms with Crippen LogP contribution in [0.15, 0.2) is 12.2 Å². The molecule has 2 atom stereocenters. The Labute approximate surface area is 133 Å². The molecular formula is C20H38O. The minimum Gasteiger partial charge on any atom is -0.396 e. The molecule has 21 heavy (non-hydrogen) atoms. The maximum absolute atomic E-state index is 8.77. The number of unbranched alkanes of at least 4 members (excludes halogenated alkanes) is 8. The van der Waals surface area contributed by atoms with E-state index >= 15 is 0 Å². The molecule has 0 bridgehead atoms. The zero-order chi connectivity index (χ0) is 15.2. The third kappa shape index (κ3) is 9.34. The van der Waals surface area contributed by atoms with Gasteiger partial charge >= 0.3 is 0 Å². The van der Waals surface area contributed by atoms with E-state index in [1.807, 2.05) is 0 Å². The van der Waals surface area contributed by atoms with E-state index in [1.54, 1.807) is 0 Å². The SMILES string of the molecule is CCCCCC/C=C/[C@H]1CCC[C@@H]1CCCCCCCO. The van der Waals surface area contributed by atoms with Gasteiger partial charge in [-0.05, 0) is 50.4 Å². The van der Waals surface area contributed by atoms with Crippen molar-refractivity contribution in [2.75, 3.05) is 6.61 Å². The highest BCUT2D eigenvalue weighted by atomic mass is 16.2. The van der Waals surface area contributed by atoms with Crippen molar-refractivity contribution in [2.24, 2.45) is 11.8 Å². The summed E-state index contributed by atoms with van der Waals surface area (Å²) < 4.78 is 0. The lowest BCUT2D eigenvalue weighted by atomic mass is 9.90. The van der Waals surface area contributed by atoms with Gasteiger partial charge in [-0.15, -0.1) is 0 Å². The molecule has 1 heteroatoms. The molecule has 1 aliphatic rings. The van der Waals surface area contributed by atoms with E-state index in [2.05, 4.69) is 19.1 Å². The molecule has 0 heterocycles. The first-order chi connectivity index (χ1) is 10.4.